The molecule has 8 heteroatoms. The fourth-order valence-electron chi connectivity index (χ4n) is 6.59. The van der Waals surface area contributed by atoms with Crippen LogP contribution in [0.2, 0.25) is 0 Å². The number of allylic oxidation sites excluding steroid dienone is 1. The molecular formula is C31H42N2O6. The molecule has 8 nitrogen and oxygen atoms in total. The third kappa shape index (κ3) is 5.41. The van der Waals surface area contributed by atoms with Crippen LogP contribution < -0.4 is 4.90 Å². The van der Waals surface area contributed by atoms with E-state index in [-0.39, 0.29) is 31.6 Å². The number of unbranched alkanes of at least 4 members (excludes halogenated alkanes) is 3. The molecule has 0 radical (unpaired) electrons. The molecule has 3 aliphatic heterocycles. The van der Waals surface area contributed by atoms with E-state index in [0.29, 0.717) is 32.2 Å². The molecule has 0 aliphatic carbocycles. The quantitative estimate of drug-likeness (QED) is 0.220. The molecule has 1 spiro atoms. The number of anilines is 1. The van der Waals surface area contributed by atoms with Crippen LogP contribution in [-0.4, -0.2) is 71.8 Å². The van der Waals surface area contributed by atoms with Gasteiger partial charge in [-0.3, -0.25) is 14.4 Å². The molecule has 3 aliphatic rings. The molecule has 4 rings (SSSR count). The summed E-state index contributed by atoms with van der Waals surface area (Å²) >= 11 is 0. The monoisotopic (exact) mass is 538 g/mol. The Labute approximate surface area is 231 Å². The molecule has 2 unspecified atom stereocenters. The number of amides is 2. The Balaban J connectivity index is 1.67. The summed E-state index contributed by atoms with van der Waals surface area (Å²) in [5.41, 5.74) is 1.65. The fraction of sp³-hybridized carbons (Fsp3) is 0.581. The number of hydrogen-bond acceptors (Lipinski definition) is 6. The molecule has 5 atom stereocenters. The Kier molecular flexibility index (Phi) is 9.28. The fourth-order valence-corrected chi connectivity index (χ4v) is 6.59. The van der Waals surface area contributed by atoms with Gasteiger partial charge in [-0.2, -0.15) is 0 Å². The lowest BCUT2D eigenvalue weighted by atomic mass is 9.70. The number of carbonyl (C=O) groups is 3. The number of esters is 1. The highest BCUT2D eigenvalue weighted by atomic mass is 16.6. The number of aliphatic hydroxyl groups is 1. The van der Waals surface area contributed by atoms with Crippen molar-refractivity contribution in [1.29, 1.82) is 0 Å². The number of carbonyl (C=O) groups excluding carboxylic acids is 3. The average molecular weight is 539 g/mol. The summed E-state index contributed by atoms with van der Waals surface area (Å²) in [4.78, 5) is 45.1. The highest BCUT2D eigenvalue weighted by molar-refractivity contribution is 6.05. The van der Waals surface area contributed by atoms with Crippen molar-refractivity contribution in [2.75, 3.05) is 31.2 Å². The van der Waals surface area contributed by atoms with Gasteiger partial charge in [0, 0.05) is 25.4 Å². The number of rotatable bonds is 14. The number of aryl methyl sites for hydroxylation is 2. The smallest absolute Gasteiger partial charge is 0.312 e. The van der Waals surface area contributed by atoms with E-state index >= 15 is 0 Å². The topological polar surface area (TPSA) is 96.4 Å². The first kappa shape index (κ1) is 29.0. The van der Waals surface area contributed by atoms with Crippen molar-refractivity contribution >= 4 is 23.5 Å². The van der Waals surface area contributed by atoms with Crippen LogP contribution in [0.4, 0.5) is 5.69 Å². The second-order valence-corrected chi connectivity index (χ2v) is 11.0. The van der Waals surface area contributed by atoms with Crippen molar-refractivity contribution in [3.8, 4) is 0 Å². The molecule has 212 valence electrons. The van der Waals surface area contributed by atoms with Crippen LogP contribution >= 0.6 is 0 Å². The van der Waals surface area contributed by atoms with Gasteiger partial charge in [-0.1, -0.05) is 24.3 Å². The molecule has 2 bridgehead atoms. The molecule has 3 fully saturated rings. The summed E-state index contributed by atoms with van der Waals surface area (Å²) < 4.78 is 12.1. The van der Waals surface area contributed by atoms with E-state index in [0.717, 1.165) is 36.1 Å². The zero-order valence-electron chi connectivity index (χ0n) is 23.3. The highest BCUT2D eigenvalue weighted by Crippen LogP contribution is 2.59. The standard InChI is InChI=1S/C31H42N2O6/c1-5-7-8-11-19-38-30(37)25-24-14-15-31(39-24)26(25)28(35)33(17-9-10-18-34)27(31)29(36)32(16-6-2)23-20-21(3)12-13-22(23)4/h5-6,12-13,20,24-27,34H,1-2,7-11,14-19H2,3-4H3/t24-,25+,26-,27?,31?/m0/s1. The molecule has 0 aromatic heterocycles. The van der Waals surface area contributed by atoms with Crippen LogP contribution in [0.1, 0.15) is 56.1 Å². The van der Waals surface area contributed by atoms with E-state index in [9.17, 15) is 19.5 Å². The second-order valence-electron chi connectivity index (χ2n) is 11.0. The molecule has 2 amide bonds. The van der Waals surface area contributed by atoms with Gasteiger partial charge in [0.05, 0.1) is 24.5 Å². The Morgan fingerprint density at radius 2 is 2.00 bits per heavy atom. The van der Waals surface area contributed by atoms with Gasteiger partial charge in [0.1, 0.15) is 11.6 Å². The van der Waals surface area contributed by atoms with E-state index in [1.165, 1.54) is 0 Å². The van der Waals surface area contributed by atoms with E-state index < -0.39 is 35.6 Å². The van der Waals surface area contributed by atoms with Crippen molar-refractivity contribution in [2.45, 2.75) is 76.5 Å². The van der Waals surface area contributed by atoms with Crippen molar-refractivity contribution in [1.82, 2.24) is 4.90 Å². The van der Waals surface area contributed by atoms with Crippen molar-refractivity contribution in [3.05, 3.63) is 54.6 Å². The third-order valence-corrected chi connectivity index (χ3v) is 8.39. The van der Waals surface area contributed by atoms with E-state index in [4.69, 9.17) is 9.47 Å². The van der Waals surface area contributed by atoms with Gasteiger partial charge >= 0.3 is 5.97 Å². The molecule has 3 saturated heterocycles. The minimum absolute atomic E-state index is 0.000328. The Morgan fingerprint density at radius 3 is 2.72 bits per heavy atom. The zero-order chi connectivity index (χ0) is 28.2. The van der Waals surface area contributed by atoms with Gasteiger partial charge in [0.2, 0.25) is 5.91 Å². The number of hydrogen-bond donors (Lipinski definition) is 1. The van der Waals surface area contributed by atoms with Gasteiger partial charge in [-0.05, 0) is 76.0 Å². The lowest BCUT2D eigenvalue weighted by Gasteiger charge is -2.37. The maximum absolute atomic E-state index is 14.5. The number of likely N-dealkylation sites (tertiary alicyclic amines) is 1. The normalized spacial score (nSPS) is 26.9. The van der Waals surface area contributed by atoms with Crippen LogP contribution in [0, 0.1) is 25.7 Å². The second kappa shape index (κ2) is 12.5. The van der Waals surface area contributed by atoms with E-state index in [1.54, 1.807) is 15.9 Å². The molecule has 39 heavy (non-hydrogen) atoms. The molecule has 0 saturated carbocycles. The predicted molar refractivity (Wildman–Crippen MR) is 149 cm³/mol. The van der Waals surface area contributed by atoms with Crippen LogP contribution in [0.5, 0.6) is 0 Å². The molecule has 3 heterocycles. The van der Waals surface area contributed by atoms with Crippen LogP contribution in [0.25, 0.3) is 0 Å². The molecule has 1 aromatic rings. The van der Waals surface area contributed by atoms with Gasteiger partial charge in [0.15, 0.2) is 0 Å². The number of benzene rings is 1. The van der Waals surface area contributed by atoms with Gasteiger partial charge in [-0.25, -0.2) is 0 Å². The van der Waals surface area contributed by atoms with Crippen LogP contribution in [0.3, 0.4) is 0 Å². The number of ether oxygens (including phenoxy) is 2. The largest absolute Gasteiger partial charge is 0.465 e. The Bertz CT molecular complexity index is 1100. The first-order valence-electron chi connectivity index (χ1n) is 14.2. The van der Waals surface area contributed by atoms with Gasteiger partial charge < -0.3 is 24.4 Å². The average Bonchev–Trinajstić information content (AvgIpc) is 3.56. The van der Waals surface area contributed by atoms with Gasteiger partial charge in [0.25, 0.3) is 5.91 Å². The van der Waals surface area contributed by atoms with E-state index in [2.05, 4.69) is 13.2 Å². The SMILES string of the molecule is C=CCCCCOC(=O)[C@@H]1[C@@H]2CCC3(O2)C(C(=O)N(CC=C)c2cc(C)ccc2C)N(CCCCO)C(=O)[C@H]13. The third-order valence-electron chi connectivity index (χ3n) is 8.39. The first-order valence-corrected chi connectivity index (χ1v) is 14.2. The maximum atomic E-state index is 14.5. The zero-order valence-corrected chi connectivity index (χ0v) is 23.3. The van der Waals surface area contributed by atoms with Crippen molar-refractivity contribution in [3.63, 3.8) is 0 Å². The van der Waals surface area contributed by atoms with E-state index in [1.807, 2.05) is 38.1 Å². The van der Waals surface area contributed by atoms with Gasteiger partial charge in [-0.15, -0.1) is 13.2 Å². The first-order chi connectivity index (χ1) is 18.8. The highest BCUT2D eigenvalue weighted by Gasteiger charge is 2.75. The van der Waals surface area contributed by atoms with Crippen molar-refractivity contribution < 1.29 is 29.0 Å². The maximum Gasteiger partial charge on any atom is 0.312 e. The summed E-state index contributed by atoms with van der Waals surface area (Å²) in [6.07, 6.45) is 7.70. The number of aliphatic hydroxyl groups excluding tert-OH is 1. The Hall–Kier alpha value is -2.97. The number of fused-ring (bicyclic) bond motifs is 1. The summed E-state index contributed by atoms with van der Waals surface area (Å²) in [6, 6.07) is 5.08. The lowest BCUT2D eigenvalue weighted by molar-refractivity contribution is -0.155. The minimum atomic E-state index is -1.08. The molecular weight excluding hydrogens is 496 g/mol. The predicted octanol–water partition coefficient (Wildman–Crippen LogP) is 3.87. The summed E-state index contributed by atoms with van der Waals surface area (Å²) in [5.74, 6) is -2.37. The lowest BCUT2D eigenvalue weighted by Crippen LogP contribution is -2.56. The summed E-state index contributed by atoms with van der Waals surface area (Å²) in [7, 11) is 0. The summed E-state index contributed by atoms with van der Waals surface area (Å²) in [6.45, 7) is 12.4. The molecule has 1 N–H and O–H groups in total. The Morgan fingerprint density at radius 1 is 1.21 bits per heavy atom. The molecule has 1 aromatic carbocycles. The minimum Gasteiger partial charge on any atom is -0.465 e. The number of nitrogens with zero attached hydrogens (tertiary/aromatic N) is 2. The summed E-state index contributed by atoms with van der Waals surface area (Å²) in [5, 5.41) is 9.38. The van der Waals surface area contributed by atoms with Crippen LogP contribution in [-0.2, 0) is 23.9 Å². The van der Waals surface area contributed by atoms with Crippen molar-refractivity contribution in [2.24, 2.45) is 11.8 Å². The van der Waals surface area contributed by atoms with Crippen LogP contribution in [0.15, 0.2) is 43.5 Å².